The van der Waals surface area contributed by atoms with E-state index in [4.69, 9.17) is 46.4 Å². The second-order valence-corrected chi connectivity index (χ2v) is 18.0. The molecule has 0 aliphatic rings. The molecule has 0 unspecified atom stereocenters. The summed E-state index contributed by atoms with van der Waals surface area (Å²) in [6.07, 6.45) is 0. The molecule has 4 N–H and O–H groups in total. The van der Waals surface area contributed by atoms with Gasteiger partial charge in [0.25, 0.3) is 0 Å². The molecule has 61 heavy (non-hydrogen) atoms. The average Bonchev–Trinajstić information content (AvgIpc) is 3.16. The van der Waals surface area contributed by atoms with Crippen molar-refractivity contribution < 1.29 is 42.4 Å². The van der Waals surface area contributed by atoms with E-state index in [9.17, 15) is 45.1 Å². The normalized spacial score (nSPS) is 12.2. The van der Waals surface area contributed by atoms with E-state index in [1.165, 1.54) is 24.3 Å². The molecule has 308 valence electrons. The maximum Gasteiger partial charge on any atom is 2.00 e. The summed E-state index contributed by atoms with van der Waals surface area (Å²) in [5.41, 5.74) is 1.61. The minimum absolute atomic E-state index is 0. The Kier molecular flexibility index (Phi) is 10.4. The maximum absolute atomic E-state index is 13.1. The van der Waals surface area contributed by atoms with Crippen LogP contribution in [-0.2, 0) is 36.7 Å². The fourth-order valence-electron chi connectivity index (χ4n) is 7.23. The number of hydrogen-bond donors (Lipinski definition) is 4. The van der Waals surface area contributed by atoms with Crippen molar-refractivity contribution in [1.29, 1.82) is 0 Å². The van der Waals surface area contributed by atoms with Crippen LogP contribution in [0.3, 0.4) is 0 Å². The van der Waals surface area contributed by atoms with Crippen LogP contribution in [0.5, 0.6) is 0 Å². The Morgan fingerprint density at radius 2 is 0.607 bits per heavy atom. The molecule has 0 saturated carbocycles. The zero-order valence-electron chi connectivity index (χ0n) is 29.8. The van der Waals surface area contributed by atoms with Gasteiger partial charge in [0, 0.05) is 53.1 Å². The van der Waals surface area contributed by atoms with Crippen molar-refractivity contribution in [1.82, 2.24) is 19.9 Å². The fourth-order valence-corrected chi connectivity index (χ4v) is 9.59. The molecule has 4 heterocycles. The van der Waals surface area contributed by atoms with Crippen molar-refractivity contribution in [3.05, 3.63) is 146 Å². The van der Waals surface area contributed by atoms with Gasteiger partial charge in [-0.1, -0.05) is 46.4 Å². The third-order valence-electron chi connectivity index (χ3n) is 10.00. The largest absolute Gasteiger partial charge is 2.00 e. The van der Waals surface area contributed by atoms with Gasteiger partial charge in [-0.3, -0.25) is 19.2 Å². The van der Waals surface area contributed by atoms with Crippen LogP contribution in [0.2, 0.25) is 20.1 Å². The van der Waals surface area contributed by atoms with E-state index in [2.05, 4.69) is 19.9 Å². The van der Waals surface area contributed by atoms with Crippen LogP contribution in [0.15, 0.2) is 114 Å². The Bertz CT molecular complexity index is 3850. The summed E-state index contributed by atoms with van der Waals surface area (Å²) in [6, 6.07) is 20.1. The zero-order valence-corrected chi connectivity index (χ0v) is 35.5. The van der Waals surface area contributed by atoms with Gasteiger partial charge in [0.05, 0.1) is 64.0 Å². The number of pyridine rings is 4. The Morgan fingerprint density at radius 1 is 0.361 bits per heavy atom. The summed E-state index contributed by atoms with van der Waals surface area (Å²) in [7, 11) is -9.72. The molecule has 0 aliphatic heterocycles. The SMILES string of the molecule is O=c1c2ccc(Cl)cc2[nH]c2cc3c(=O)c4cc(S(=O)(=O)[O-])c(Cl)cc4[nH]c3cc12.O=c1c2ccc(Cl)cc2[nH]c2cc3c(=O)c4cc(S(=O)(=O)[O-])c(Cl)cc4[nH]c3cc12.[Ni+2]. The first kappa shape index (κ1) is 42.4. The molecular formula is C40H18Cl4N4NiO10S2. The molecule has 6 aromatic carbocycles. The third kappa shape index (κ3) is 7.25. The predicted molar refractivity (Wildman–Crippen MR) is 231 cm³/mol. The van der Waals surface area contributed by atoms with Crippen molar-refractivity contribution in [2.45, 2.75) is 9.79 Å². The summed E-state index contributed by atoms with van der Waals surface area (Å²) in [5.74, 6) is 0. The standard InChI is InChI=1S/2C20H10Cl2N2O5S.Ni/c2*21-8-1-2-9-14(3-8)23-15-5-11-16(4-10(15)19(9)25)24-17-7-13(22)18(30(27,28)29)6-12(17)20(11)26;/h2*1-7H,(H,23,25)(H,24,26)(H,27,28,29);/q;;+2/p-2. The Hall–Kier alpha value is -5.33. The average molecular weight is 979 g/mol. The van der Waals surface area contributed by atoms with E-state index in [0.717, 1.165) is 12.1 Å². The fraction of sp³-hybridized carbons (Fsp3) is 0. The molecule has 0 saturated heterocycles. The summed E-state index contributed by atoms with van der Waals surface area (Å²) in [4.78, 5) is 62.8. The van der Waals surface area contributed by atoms with E-state index in [1.54, 1.807) is 48.5 Å². The second-order valence-electron chi connectivity index (χ2n) is 13.6. The van der Waals surface area contributed by atoms with Gasteiger partial charge in [0.15, 0.2) is 21.7 Å². The molecule has 0 amide bonds. The number of benzene rings is 6. The molecule has 0 bridgehead atoms. The zero-order chi connectivity index (χ0) is 42.7. The molecular weight excluding hydrogens is 961 g/mol. The molecule has 10 aromatic rings. The quantitative estimate of drug-likeness (QED) is 0.0744. The first-order chi connectivity index (χ1) is 28.3. The van der Waals surface area contributed by atoms with Crippen LogP contribution in [0, 0.1) is 0 Å². The molecule has 0 aliphatic carbocycles. The smallest absolute Gasteiger partial charge is 0.744 e. The van der Waals surface area contributed by atoms with Crippen LogP contribution < -0.4 is 21.7 Å². The Labute approximate surface area is 369 Å². The van der Waals surface area contributed by atoms with Crippen LogP contribution in [-0.4, -0.2) is 45.9 Å². The first-order valence-corrected chi connectivity index (χ1v) is 21.4. The summed E-state index contributed by atoms with van der Waals surface area (Å²) in [5, 5.41) is 2.32. The number of fused-ring (bicyclic) bond motifs is 8. The van der Waals surface area contributed by atoms with Gasteiger partial charge in [-0.25, -0.2) is 16.8 Å². The van der Waals surface area contributed by atoms with E-state index in [1.807, 2.05) is 0 Å². The summed E-state index contributed by atoms with van der Waals surface area (Å²) >= 11 is 23.9. The molecule has 4 aromatic heterocycles. The van der Waals surface area contributed by atoms with Crippen LogP contribution in [0.4, 0.5) is 0 Å². The van der Waals surface area contributed by atoms with Gasteiger partial charge < -0.3 is 29.0 Å². The van der Waals surface area contributed by atoms with Crippen LogP contribution >= 0.6 is 46.4 Å². The molecule has 10 rings (SSSR count). The number of aromatic nitrogens is 4. The number of halogens is 4. The summed E-state index contributed by atoms with van der Waals surface area (Å²) < 4.78 is 68.6. The molecule has 0 spiro atoms. The van der Waals surface area contributed by atoms with Crippen LogP contribution in [0.25, 0.3) is 87.2 Å². The van der Waals surface area contributed by atoms with E-state index in [0.29, 0.717) is 64.7 Å². The first-order valence-electron chi connectivity index (χ1n) is 17.1. The van der Waals surface area contributed by atoms with Crippen molar-refractivity contribution in [3.63, 3.8) is 0 Å². The molecule has 14 nitrogen and oxygen atoms in total. The number of aromatic amines is 4. The van der Waals surface area contributed by atoms with Crippen molar-refractivity contribution in [3.8, 4) is 0 Å². The van der Waals surface area contributed by atoms with Gasteiger partial charge in [0.2, 0.25) is 0 Å². The van der Waals surface area contributed by atoms with E-state index >= 15 is 0 Å². The van der Waals surface area contributed by atoms with Crippen molar-refractivity contribution in [2.24, 2.45) is 0 Å². The second kappa shape index (κ2) is 14.9. The third-order valence-corrected chi connectivity index (χ3v) is 13.1. The maximum atomic E-state index is 13.1. The molecule has 0 fully saturated rings. The Morgan fingerprint density at radius 3 is 0.902 bits per heavy atom. The van der Waals surface area contributed by atoms with Gasteiger partial charge >= 0.3 is 16.5 Å². The van der Waals surface area contributed by atoms with E-state index in [-0.39, 0.29) is 70.0 Å². The monoisotopic (exact) mass is 976 g/mol. The minimum Gasteiger partial charge on any atom is -0.744 e. The van der Waals surface area contributed by atoms with Gasteiger partial charge in [-0.15, -0.1) is 0 Å². The van der Waals surface area contributed by atoms with E-state index < -0.39 is 40.9 Å². The van der Waals surface area contributed by atoms with Gasteiger partial charge in [-0.05, 0) is 84.9 Å². The molecule has 21 heteroatoms. The number of H-pyrrole nitrogens is 4. The molecule has 0 radical (unpaired) electrons. The topological polar surface area (TPSA) is 246 Å². The number of nitrogens with one attached hydrogen (secondary N) is 4. The predicted octanol–water partition coefficient (Wildman–Crippen LogP) is 7.77. The Balaban J connectivity index is 0.000000166. The van der Waals surface area contributed by atoms with Gasteiger partial charge in [0.1, 0.15) is 20.2 Å². The van der Waals surface area contributed by atoms with Crippen LogP contribution in [0.1, 0.15) is 0 Å². The number of hydrogen-bond acceptors (Lipinski definition) is 10. The summed E-state index contributed by atoms with van der Waals surface area (Å²) in [6.45, 7) is 0. The van der Waals surface area contributed by atoms with Crippen molar-refractivity contribution in [2.75, 3.05) is 0 Å². The number of rotatable bonds is 2. The van der Waals surface area contributed by atoms with Gasteiger partial charge in [-0.2, -0.15) is 0 Å². The minimum atomic E-state index is -4.86. The molecule has 0 atom stereocenters. The van der Waals surface area contributed by atoms with Crippen molar-refractivity contribution >= 4 is 154 Å².